The monoisotopic (exact) mass is 370 g/mol. The molecule has 2 aliphatic heterocycles. The maximum atomic E-state index is 6.02. The van der Waals surface area contributed by atoms with E-state index in [0.717, 1.165) is 12.8 Å². The van der Waals surface area contributed by atoms with Gasteiger partial charge in [0, 0.05) is 0 Å². The third-order valence-corrected chi connectivity index (χ3v) is 7.63. The van der Waals surface area contributed by atoms with Crippen LogP contribution in [0.3, 0.4) is 0 Å². The zero-order valence-electron chi connectivity index (χ0n) is 18.8. The van der Waals surface area contributed by atoms with E-state index in [-0.39, 0.29) is 46.1 Å². The van der Waals surface area contributed by atoms with Gasteiger partial charge in [0.2, 0.25) is 0 Å². The van der Waals surface area contributed by atoms with Crippen molar-refractivity contribution in [3.63, 3.8) is 0 Å². The molecule has 4 heteroatoms. The first-order valence-electron chi connectivity index (χ1n) is 10.1. The normalized spacial score (nSPS) is 31.6. The van der Waals surface area contributed by atoms with Crippen molar-refractivity contribution in [2.75, 3.05) is 13.6 Å². The standard InChI is InChI=1S/C22H42O4/c1-19(2,3)21(7,8)11-15-17-18(26-13-23-15)16(24-14-25-17)12-22(9,10)20(4,5)6/h15-18H,11-14H2,1-10H3/t15-,16-,17-,18-/m1/s1. The molecule has 0 unspecified atom stereocenters. The van der Waals surface area contributed by atoms with Gasteiger partial charge in [0.25, 0.3) is 0 Å². The summed E-state index contributed by atoms with van der Waals surface area (Å²) in [5.74, 6) is 0. The minimum atomic E-state index is -0.0557. The molecule has 0 saturated carbocycles. The molecule has 4 nitrogen and oxygen atoms in total. The molecule has 0 amide bonds. The largest absolute Gasteiger partial charge is 0.349 e. The summed E-state index contributed by atoms with van der Waals surface area (Å²) in [7, 11) is 0. The Hall–Kier alpha value is -0.160. The van der Waals surface area contributed by atoms with Crippen LogP contribution >= 0.6 is 0 Å². The van der Waals surface area contributed by atoms with Gasteiger partial charge in [-0.2, -0.15) is 0 Å². The first kappa shape index (κ1) is 22.1. The maximum absolute atomic E-state index is 6.02. The fourth-order valence-electron chi connectivity index (χ4n) is 3.40. The molecular weight excluding hydrogens is 328 g/mol. The predicted octanol–water partition coefficient (Wildman–Crippen LogP) is 5.39. The van der Waals surface area contributed by atoms with Gasteiger partial charge in [0.1, 0.15) is 25.8 Å². The Kier molecular flexibility index (Phi) is 6.25. The highest BCUT2D eigenvalue weighted by molar-refractivity contribution is 4.96. The number of rotatable bonds is 4. The summed E-state index contributed by atoms with van der Waals surface area (Å²) in [4.78, 5) is 0. The first-order valence-corrected chi connectivity index (χ1v) is 10.1. The quantitative estimate of drug-likeness (QED) is 0.664. The lowest BCUT2D eigenvalue weighted by atomic mass is 9.64. The minimum Gasteiger partial charge on any atom is -0.349 e. The molecule has 0 bridgehead atoms. The molecule has 0 aliphatic carbocycles. The summed E-state index contributed by atoms with van der Waals surface area (Å²) in [6.45, 7) is 23.7. The molecule has 2 saturated heterocycles. The third-order valence-electron chi connectivity index (χ3n) is 7.63. The maximum Gasteiger partial charge on any atom is 0.147 e. The second kappa shape index (κ2) is 7.35. The Morgan fingerprint density at radius 2 is 0.846 bits per heavy atom. The summed E-state index contributed by atoms with van der Waals surface area (Å²) in [6.07, 6.45) is 1.89. The Morgan fingerprint density at radius 3 is 1.12 bits per heavy atom. The van der Waals surface area contributed by atoms with E-state index in [4.69, 9.17) is 18.9 Å². The second-order valence-electron chi connectivity index (χ2n) is 11.6. The summed E-state index contributed by atoms with van der Waals surface area (Å²) in [5.41, 5.74) is 0.675. The van der Waals surface area contributed by atoms with Gasteiger partial charge in [0.15, 0.2) is 0 Å². The van der Waals surface area contributed by atoms with Crippen LogP contribution in [0.25, 0.3) is 0 Å². The van der Waals surface area contributed by atoms with Gasteiger partial charge in [-0.15, -0.1) is 0 Å². The highest BCUT2D eigenvalue weighted by Crippen LogP contribution is 2.46. The Balaban J connectivity index is 2.13. The van der Waals surface area contributed by atoms with Crippen LogP contribution < -0.4 is 0 Å². The molecule has 2 aliphatic rings. The van der Waals surface area contributed by atoms with Crippen LogP contribution in [0.4, 0.5) is 0 Å². The molecule has 0 aromatic carbocycles. The van der Waals surface area contributed by atoms with Gasteiger partial charge in [-0.3, -0.25) is 0 Å². The number of hydrogen-bond donors (Lipinski definition) is 0. The Morgan fingerprint density at radius 1 is 0.538 bits per heavy atom. The van der Waals surface area contributed by atoms with Gasteiger partial charge in [-0.1, -0.05) is 69.2 Å². The molecule has 4 atom stereocenters. The van der Waals surface area contributed by atoms with E-state index in [9.17, 15) is 0 Å². The molecule has 2 fully saturated rings. The third kappa shape index (κ3) is 4.63. The van der Waals surface area contributed by atoms with Crippen molar-refractivity contribution < 1.29 is 18.9 Å². The van der Waals surface area contributed by atoms with Crippen LogP contribution in [0.15, 0.2) is 0 Å². The van der Waals surface area contributed by atoms with Crippen LogP contribution in [0.1, 0.15) is 82.1 Å². The van der Waals surface area contributed by atoms with Crippen molar-refractivity contribution in [2.45, 2.75) is 106 Å². The molecule has 2 rings (SSSR count). The smallest absolute Gasteiger partial charge is 0.147 e. The predicted molar refractivity (Wildman–Crippen MR) is 105 cm³/mol. The summed E-state index contributed by atoms with van der Waals surface area (Å²) in [5, 5.41) is 0. The average molecular weight is 371 g/mol. The number of fused-ring (bicyclic) bond motifs is 1. The topological polar surface area (TPSA) is 36.9 Å². The fourth-order valence-corrected chi connectivity index (χ4v) is 3.40. The highest BCUT2D eigenvalue weighted by atomic mass is 16.8. The van der Waals surface area contributed by atoms with E-state index in [1.54, 1.807) is 0 Å². The molecular formula is C22H42O4. The van der Waals surface area contributed by atoms with E-state index >= 15 is 0 Å². The lowest BCUT2D eigenvalue weighted by Crippen LogP contribution is -2.59. The van der Waals surface area contributed by atoms with Crippen molar-refractivity contribution >= 4 is 0 Å². The van der Waals surface area contributed by atoms with Crippen molar-refractivity contribution in [3.8, 4) is 0 Å². The molecule has 2 heterocycles. The molecule has 0 aromatic heterocycles. The van der Waals surface area contributed by atoms with Crippen LogP contribution in [-0.2, 0) is 18.9 Å². The SMILES string of the molecule is CC(C)(C)C(C)(C)C[C@H]1OCO[C@H]2[C@@H]1OCO[C@@H]2CC(C)(C)C(C)(C)C. The van der Waals surface area contributed by atoms with Gasteiger partial charge in [-0.05, 0) is 34.5 Å². The molecule has 154 valence electrons. The van der Waals surface area contributed by atoms with Crippen LogP contribution in [0.5, 0.6) is 0 Å². The summed E-state index contributed by atoms with van der Waals surface area (Å²) < 4.78 is 24.1. The summed E-state index contributed by atoms with van der Waals surface area (Å²) >= 11 is 0. The van der Waals surface area contributed by atoms with Crippen LogP contribution in [0.2, 0.25) is 0 Å². The second-order valence-corrected chi connectivity index (χ2v) is 11.6. The molecule has 0 radical (unpaired) electrons. The Labute approximate surface area is 161 Å². The van der Waals surface area contributed by atoms with E-state index in [2.05, 4.69) is 69.2 Å². The van der Waals surface area contributed by atoms with Gasteiger partial charge in [0.05, 0.1) is 12.2 Å². The zero-order chi connectivity index (χ0) is 20.0. The summed E-state index contributed by atoms with van der Waals surface area (Å²) in [6, 6.07) is 0. The van der Waals surface area contributed by atoms with Gasteiger partial charge >= 0.3 is 0 Å². The van der Waals surface area contributed by atoms with Gasteiger partial charge < -0.3 is 18.9 Å². The minimum absolute atomic E-state index is 0.0483. The van der Waals surface area contributed by atoms with Crippen molar-refractivity contribution in [1.82, 2.24) is 0 Å². The van der Waals surface area contributed by atoms with E-state index < -0.39 is 0 Å². The Bertz CT molecular complexity index is 426. The fraction of sp³-hybridized carbons (Fsp3) is 1.00. The number of ether oxygens (including phenoxy) is 4. The van der Waals surface area contributed by atoms with Crippen molar-refractivity contribution in [2.24, 2.45) is 21.7 Å². The van der Waals surface area contributed by atoms with Gasteiger partial charge in [-0.25, -0.2) is 0 Å². The molecule has 0 spiro atoms. The zero-order valence-corrected chi connectivity index (χ0v) is 18.8. The van der Waals surface area contributed by atoms with E-state index in [1.807, 2.05) is 0 Å². The molecule has 0 N–H and O–H groups in total. The lowest BCUT2D eigenvalue weighted by molar-refractivity contribution is -0.330. The van der Waals surface area contributed by atoms with E-state index in [1.165, 1.54) is 0 Å². The van der Waals surface area contributed by atoms with Crippen LogP contribution in [0, 0.1) is 21.7 Å². The van der Waals surface area contributed by atoms with E-state index in [0.29, 0.717) is 13.6 Å². The average Bonchev–Trinajstić information content (AvgIpc) is 2.45. The van der Waals surface area contributed by atoms with Crippen LogP contribution in [-0.4, -0.2) is 38.0 Å². The molecule has 26 heavy (non-hydrogen) atoms. The lowest BCUT2D eigenvalue weighted by Gasteiger charge is -2.50. The van der Waals surface area contributed by atoms with Crippen molar-refractivity contribution in [1.29, 1.82) is 0 Å². The highest BCUT2D eigenvalue weighted by Gasteiger charge is 2.49. The van der Waals surface area contributed by atoms with Crippen molar-refractivity contribution in [3.05, 3.63) is 0 Å². The first-order chi connectivity index (χ1) is 11.7. The molecule has 0 aromatic rings. The number of hydrogen-bond acceptors (Lipinski definition) is 4.